The van der Waals surface area contributed by atoms with Crippen LogP contribution in [0.5, 0.6) is 0 Å². The van der Waals surface area contributed by atoms with Crippen molar-refractivity contribution in [2.75, 3.05) is 46.4 Å². The topological polar surface area (TPSA) is 532 Å². The standard InChI is InChI=1S/C43H87N21O11/c1-43(71)23-72-38(33(70)36(43)52-2)75-35-31(64-61-27(22-68)10-6-16-56-42(50)51)17-30(63-60-26(21-67)9-5-15-55-41(48)49)34(32(35)69)74-37-29(62-59-25(20-66)8-4-14-54-40(46)47)12-11-28(73-37)18-57-58-24(19-65)7-3-13-53-39(44)45/h19-22,24-38,52,57-64,69-71H,3-18,23H2,1-2H3,(H4,44,45,53)(H4,46,47,54)(H4,48,49,55)(H4,50,51,56)/t24-,25-,26-,27-,28-,29?,30?,31-,32?,33?,34+,35-,36+,37-,38-,43?/m1/s1. The lowest BCUT2D eigenvalue weighted by Crippen LogP contribution is -2.71. The van der Waals surface area contributed by atoms with Gasteiger partial charge in [-0.2, -0.15) is 0 Å². The Balaban J connectivity index is 2.03. The average molecular weight is 1070 g/mol. The predicted molar refractivity (Wildman–Crippen MR) is 278 cm³/mol. The number of nitrogens with zero attached hydrogens (tertiary/aromatic N) is 4. The summed E-state index contributed by atoms with van der Waals surface area (Å²) in [5.74, 6) is -0.318. The number of rotatable bonds is 38. The van der Waals surface area contributed by atoms with E-state index in [0.717, 1.165) is 12.6 Å². The molecule has 32 nitrogen and oxygen atoms in total. The van der Waals surface area contributed by atoms with Crippen LogP contribution >= 0.6 is 0 Å². The van der Waals surface area contributed by atoms with Gasteiger partial charge in [-0.3, -0.25) is 36.2 Å². The van der Waals surface area contributed by atoms with Gasteiger partial charge in [-0.1, -0.05) is 0 Å². The van der Waals surface area contributed by atoms with Crippen LogP contribution in [0.2, 0.25) is 0 Å². The van der Waals surface area contributed by atoms with E-state index in [1.54, 1.807) is 7.05 Å². The van der Waals surface area contributed by atoms with E-state index in [1.165, 1.54) is 6.92 Å². The molecule has 1 saturated carbocycles. The number of aliphatic imine (C=N–C) groups is 4. The lowest BCUT2D eigenvalue weighted by molar-refractivity contribution is -0.310. The first-order valence-electron chi connectivity index (χ1n) is 25.2. The maximum absolute atomic E-state index is 12.7. The van der Waals surface area contributed by atoms with E-state index in [0.29, 0.717) is 89.9 Å². The molecule has 0 spiro atoms. The highest BCUT2D eigenvalue weighted by Gasteiger charge is 2.52. The lowest BCUT2D eigenvalue weighted by atomic mass is 9.83. The number of carbonyl (C=O) groups excluding carboxylic acids is 4. The monoisotopic (exact) mass is 1070 g/mol. The van der Waals surface area contributed by atoms with Crippen LogP contribution in [0, 0.1) is 0 Å². The third-order valence-electron chi connectivity index (χ3n) is 12.7. The zero-order valence-electron chi connectivity index (χ0n) is 43.0. The molecule has 2 saturated heterocycles. The van der Waals surface area contributed by atoms with E-state index in [2.05, 4.69) is 68.7 Å². The molecule has 3 rings (SSSR count). The van der Waals surface area contributed by atoms with Gasteiger partial charge >= 0.3 is 0 Å². The number of carbonyl (C=O) groups is 4. The van der Waals surface area contributed by atoms with Crippen LogP contribution in [-0.4, -0.2) is 208 Å². The number of aliphatic hydroxyl groups is 3. The number of aliphatic hydroxyl groups excluding tert-OH is 2. The fraction of sp³-hybridized carbons (Fsp3) is 0.814. The molecule has 0 radical (unpaired) electrons. The van der Waals surface area contributed by atoms with Crippen molar-refractivity contribution in [2.45, 2.75) is 175 Å². The van der Waals surface area contributed by atoms with E-state index in [9.17, 15) is 34.5 Å². The van der Waals surface area contributed by atoms with E-state index >= 15 is 0 Å². The first-order valence-corrected chi connectivity index (χ1v) is 25.2. The second-order valence-corrected chi connectivity index (χ2v) is 18.9. The molecule has 0 amide bonds. The summed E-state index contributed by atoms with van der Waals surface area (Å²) in [5, 5.41) is 38.2. The highest BCUT2D eigenvalue weighted by atomic mass is 16.7. The summed E-state index contributed by atoms with van der Waals surface area (Å²) >= 11 is 0. The van der Waals surface area contributed by atoms with Crippen LogP contribution in [-0.2, 0) is 38.1 Å². The van der Waals surface area contributed by atoms with Crippen LogP contribution in [0.3, 0.4) is 0 Å². The zero-order chi connectivity index (χ0) is 55.3. The van der Waals surface area contributed by atoms with Gasteiger partial charge in [0.1, 0.15) is 55.2 Å². The minimum atomic E-state index is -1.61. The Labute approximate surface area is 437 Å². The van der Waals surface area contributed by atoms with E-state index in [-0.39, 0.29) is 56.5 Å². The summed E-state index contributed by atoms with van der Waals surface area (Å²) < 4.78 is 25.9. The van der Waals surface area contributed by atoms with Crippen molar-refractivity contribution in [2.24, 2.45) is 65.8 Å². The van der Waals surface area contributed by atoms with Gasteiger partial charge in [0, 0.05) is 32.7 Å². The number of guanidine groups is 4. The summed E-state index contributed by atoms with van der Waals surface area (Å²) in [6, 6.07) is -6.20. The molecule has 2 heterocycles. The SMILES string of the molecule is CN[C@H]1C(O)[C@@H](O[C@H]2C(O)[C@@H](O[C@H]3O[C@@H](CNN[C@@H](C=O)CCCN=C(N)N)CCC3NN[C@@H](C=O)CCCN=C(N)N)C(NN[C@@H](C=O)CCCN=C(N)N)C[C@H]2NN[C@@H](C=O)CCCN=C(N)N)OCC1(C)O. The molecule has 430 valence electrons. The summed E-state index contributed by atoms with van der Waals surface area (Å²) in [5.41, 5.74) is 67.0. The van der Waals surface area contributed by atoms with Crippen LogP contribution < -0.4 is 94.6 Å². The molecule has 5 unspecified atom stereocenters. The van der Waals surface area contributed by atoms with E-state index in [1.807, 2.05) is 0 Å². The van der Waals surface area contributed by atoms with Gasteiger partial charge in [0.05, 0.1) is 61.0 Å². The smallest absolute Gasteiger partial charge is 0.185 e. The van der Waals surface area contributed by atoms with Crippen LogP contribution in [0.25, 0.3) is 0 Å². The molecule has 16 atom stereocenters. The largest absolute Gasteiger partial charge is 0.388 e. The van der Waals surface area contributed by atoms with Gasteiger partial charge < -0.3 is 105 Å². The number of hydrogen-bond donors (Lipinski definition) is 20. The minimum absolute atomic E-state index is 0.0405. The van der Waals surface area contributed by atoms with Gasteiger partial charge in [0.2, 0.25) is 0 Å². The molecule has 0 aromatic heterocycles. The van der Waals surface area contributed by atoms with Gasteiger partial charge in [-0.25, -0.2) is 27.1 Å². The Hall–Kier alpha value is -4.88. The van der Waals surface area contributed by atoms with Crippen LogP contribution in [0.1, 0.15) is 77.6 Å². The van der Waals surface area contributed by atoms with Crippen molar-refractivity contribution in [1.82, 2.24) is 48.7 Å². The minimum Gasteiger partial charge on any atom is -0.388 e. The van der Waals surface area contributed by atoms with E-state index < -0.39 is 97.0 Å². The first kappa shape index (κ1) is 64.4. The Kier molecular flexibility index (Phi) is 29.8. The molecule has 2 aliphatic heterocycles. The second-order valence-electron chi connectivity index (χ2n) is 18.9. The van der Waals surface area contributed by atoms with Crippen molar-refractivity contribution in [1.29, 1.82) is 0 Å². The predicted octanol–water partition coefficient (Wildman–Crippen LogP) is -8.95. The van der Waals surface area contributed by atoms with Crippen molar-refractivity contribution < 1.29 is 53.4 Å². The fourth-order valence-electron chi connectivity index (χ4n) is 8.70. The number of nitrogens with one attached hydrogen (secondary N) is 9. The van der Waals surface area contributed by atoms with Crippen molar-refractivity contribution >= 4 is 49.0 Å². The maximum atomic E-state index is 12.7. The summed E-state index contributed by atoms with van der Waals surface area (Å²) in [4.78, 5) is 64.9. The number of nitrogens with two attached hydrogens (primary N) is 8. The summed E-state index contributed by atoms with van der Waals surface area (Å²) in [6.45, 7) is 2.58. The molecule has 3 fully saturated rings. The van der Waals surface area contributed by atoms with Gasteiger partial charge in [-0.15, -0.1) is 0 Å². The molecular formula is C43H87N21O11. The normalized spacial score (nSPS) is 29.4. The van der Waals surface area contributed by atoms with Crippen molar-refractivity contribution in [3.63, 3.8) is 0 Å². The molecule has 1 aliphatic carbocycles. The second kappa shape index (κ2) is 34.7. The Morgan fingerprint density at radius 2 is 1.01 bits per heavy atom. The Bertz CT molecular complexity index is 1790. The molecular weight excluding hydrogens is 987 g/mol. The van der Waals surface area contributed by atoms with Gasteiger partial charge in [-0.05, 0) is 84.6 Å². The summed E-state index contributed by atoms with van der Waals surface area (Å²) in [7, 11) is 1.56. The first-order chi connectivity index (χ1) is 35.8. The quantitative estimate of drug-likeness (QED) is 0.00897. The number of hydrazine groups is 4. The highest BCUT2D eigenvalue weighted by Crippen LogP contribution is 2.33. The molecule has 3 aliphatic rings. The number of hydrogen-bond acceptors (Lipinski definition) is 24. The number of aldehydes is 4. The molecule has 75 heavy (non-hydrogen) atoms. The lowest BCUT2D eigenvalue weighted by Gasteiger charge is -2.50. The average Bonchev–Trinajstić information content (AvgIpc) is 3.36. The highest BCUT2D eigenvalue weighted by molar-refractivity contribution is 5.76. The van der Waals surface area contributed by atoms with Crippen molar-refractivity contribution in [3.8, 4) is 0 Å². The molecule has 0 aromatic carbocycles. The van der Waals surface area contributed by atoms with Gasteiger partial charge in [0.15, 0.2) is 36.4 Å². The maximum Gasteiger partial charge on any atom is 0.185 e. The third kappa shape index (κ3) is 23.5. The molecule has 0 bridgehead atoms. The Morgan fingerprint density at radius 1 is 0.613 bits per heavy atom. The fourth-order valence-corrected chi connectivity index (χ4v) is 8.70. The third-order valence-corrected chi connectivity index (χ3v) is 12.7. The number of ether oxygens (including phenoxy) is 4. The Morgan fingerprint density at radius 3 is 1.41 bits per heavy atom. The molecule has 0 aromatic rings. The van der Waals surface area contributed by atoms with Crippen molar-refractivity contribution in [3.05, 3.63) is 0 Å². The summed E-state index contributed by atoms with van der Waals surface area (Å²) in [6.07, 6.45) is -1.68. The molecule has 28 N–H and O–H groups in total. The van der Waals surface area contributed by atoms with Crippen LogP contribution in [0.15, 0.2) is 20.0 Å². The van der Waals surface area contributed by atoms with Crippen LogP contribution in [0.4, 0.5) is 0 Å². The number of likely N-dealkylation sites (N-methyl/N-ethyl adjacent to an activating group) is 1. The zero-order valence-corrected chi connectivity index (χ0v) is 43.0. The van der Waals surface area contributed by atoms with E-state index in [4.69, 9.17) is 64.8 Å². The molecule has 32 heteroatoms. The van der Waals surface area contributed by atoms with Gasteiger partial charge in [0.25, 0.3) is 0 Å².